The molecule has 28 heavy (non-hydrogen) atoms. The van der Waals surface area contributed by atoms with Crippen LogP contribution in [0, 0.1) is 0 Å². The lowest BCUT2D eigenvalue weighted by Gasteiger charge is -2.35. The molecule has 2 heterocycles. The number of amides is 1. The van der Waals surface area contributed by atoms with E-state index in [1.165, 1.54) is 6.42 Å². The highest BCUT2D eigenvalue weighted by Gasteiger charge is 2.27. The second-order valence-electron chi connectivity index (χ2n) is 7.26. The third-order valence-electron chi connectivity index (χ3n) is 5.52. The van der Waals surface area contributed by atoms with Gasteiger partial charge in [-0.2, -0.15) is 0 Å². The van der Waals surface area contributed by atoms with Crippen LogP contribution >= 0.6 is 23.2 Å². The topological polar surface area (TPSA) is 33.2 Å². The molecule has 2 aromatic carbocycles. The van der Waals surface area contributed by atoms with Gasteiger partial charge in [-0.3, -0.25) is 4.79 Å². The number of nitrogens with zero attached hydrogens (tertiary/aromatic N) is 2. The summed E-state index contributed by atoms with van der Waals surface area (Å²) in [6, 6.07) is 15.5. The molecule has 3 nitrogen and oxygen atoms in total. The third kappa shape index (κ3) is 3.61. The molecule has 1 saturated heterocycles. The number of aromatic nitrogens is 1. The van der Waals surface area contributed by atoms with E-state index in [1.54, 1.807) is 12.1 Å². The van der Waals surface area contributed by atoms with Gasteiger partial charge in [-0.15, -0.1) is 0 Å². The molecule has 0 bridgehead atoms. The van der Waals surface area contributed by atoms with E-state index in [0.29, 0.717) is 21.7 Å². The Hall–Kier alpha value is -2.10. The summed E-state index contributed by atoms with van der Waals surface area (Å²) in [7, 11) is 0. The monoisotopic (exact) mass is 412 g/mol. The summed E-state index contributed by atoms with van der Waals surface area (Å²) >= 11 is 12.3. The number of piperidine rings is 1. The fourth-order valence-electron chi connectivity index (χ4n) is 4.00. The van der Waals surface area contributed by atoms with Crippen LogP contribution in [-0.4, -0.2) is 28.4 Å². The first-order chi connectivity index (χ1) is 13.6. The number of hydrogen-bond donors (Lipinski definition) is 0. The molecule has 0 aliphatic carbocycles. The van der Waals surface area contributed by atoms with Crippen molar-refractivity contribution < 1.29 is 4.79 Å². The van der Waals surface area contributed by atoms with Crippen molar-refractivity contribution in [1.29, 1.82) is 0 Å². The lowest BCUT2D eigenvalue weighted by atomic mass is 9.97. The third-order valence-corrected chi connectivity index (χ3v) is 6.26. The summed E-state index contributed by atoms with van der Waals surface area (Å²) in [5, 5.41) is 1.86. The molecular weight excluding hydrogens is 391 g/mol. The van der Waals surface area contributed by atoms with Crippen LogP contribution in [0.5, 0.6) is 0 Å². The summed E-state index contributed by atoms with van der Waals surface area (Å²) in [4.78, 5) is 20.4. The predicted octanol–water partition coefficient (Wildman–Crippen LogP) is 6.61. The summed E-state index contributed by atoms with van der Waals surface area (Å²) in [5.74, 6) is 0.0893. The lowest BCUT2D eigenvalue weighted by molar-refractivity contribution is 0.0610. The number of fused-ring (bicyclic) bond motifs is 1. The molecule has 5 heteroatoms. The van der Waals surface area contributed by atoms with Crippen LogP contribution in [0.4, 0.5) is 0 Å². The molecule has 0 radical (unpaired) electrons. The largest absolute Gasteiger partial charge is 0.336 e. The summed E-state index contributed by atoms with van der Waals surface area (Å²) in [6.07, 6.45) is 4.30. The zero-order valence-electron chi connectivity index (χ0n) is 15.8. The molecule has 144 valence electrons. The van der Waals surface area contributed by atoms with Gasteiger partial charge in [0, 0.05) is 23.5 Å². The first kappa shape index (κ1) is 19.2. The number of carbonyl (C=O) groups is 1. The normalized spacial score (nSPS) is 17.1. The average Bonchev–Trinajstić information content (AvgIpc) is 2.74. The summed E-state index contributed by atoms with van der Waals surface area (Å²) < 4.78 is 0. The molecule has 1 amide bonds. The maximum Gasteiger partial charge on any atom is 0.254 e. The van der Waals surface area contributed by atoms with Crippen molar-refractivity contribution in [2.75, 3.05) is 6.54 Å². The smallest absolute Gasteiger partial charge is 0.254 e. The lowest BCUT2D eigenvalue weighted by Crippen LogP contribution is -2.43. The minimum Gasteiger partial charge on any atom is -0.336 e. The highest BCUT2D eigenvalue weighted by molar-refractivity contribution is 6.42. The number of likely N-dealkylation sites (tertiary alicyclic amines) is 1. The molecular formula is C23H22Cl2N2O. The maximum atomic E-state index is 13.5. The molecule has 3 aromatic rings. The Morgan fingerprint density at radius 3 is 2.71 bits per heavy atom. The Kier molecular flexibility index (Phi) is 5.56. The Morgan fingerprint density at radius 2 is 1.93 bits per heavy atom. The molecule has 1 fully saturated rings. The predicted molar refractivity (Wildman–Crippen MR) is 116 cm³/mol. The van der Waals surface area contributed by atoms with Crippen LogP contribution in [0.2, 0.25) is 10.0 Å². The van der Waals surface area contributed by atoms with Gasteiger partial charge in [0.1, 0.15) is 0 Å². The van der Waals surface area contributed by atoms with E-state index < -0.39 is 0 Å². The van der Waals surface area contributed by atoms with Gasteiger partial charge in [0.15, 0.2) is 0 Å². The maximum absolute atomic E-state index is 13.5. The van der Waals surface area contributed by atoms with Crippen molar-refractivity contribution in [2.24, 2.45) is 0 Å². The molecule has 1 aromatic heterocycles. The van der Waals surface area contributed by atoms with Crippen LogP contribution in [0.25, 0.3) is 22.2 Å². The van der Waals surface area contributed by atoms with Gasteiger partial charge in [0.2, 0.25) is 0 Å². The van der Waals surface area contributed by atoms with E-state index >= 15 is 0 Å². The minimum absolute atomic E-state index is 0.0893. The molecule has 4 rings (SSSR count). The highest BCUT2D eigenvalue weighted by Crippen LogP contribution is 2.31. The Morgan fingerprint density at radius 1 is 1.11 bits per heavy atom. The second-order valence-corrected chi connectivity index (χ2v) is 8.07. The average molecular weight is 413 g/mol. The number of rotatable bonds is 3. The number of pyridine rings is 1. The van der Waals surface area contributed by atoms with Gasteiger partial charge in [0.05, 0.1) is 26.8 Å². The van der Waals surface area contributed by atoms with Crippen LogP contribution in [-0.2, 0) is 0 Å². The van der Waals surface area contributed by atoms with Crippen molar-refractivity contribution in [3.8, 4) is 11.3 Å². The summed E-state index contributed by atoms with van der Waals surface area (Å²) in [5.41, 5.74) is 3.08. The second kappa shape index (κ2) is 8.10. The molecule has 1 unspecified atom stereocenters. The van der Waals surface area contributed by atoms with Gasteiger partial charge < -0.3 is 4.90 Å². The Balaban J connectivity index is 1.84. The minimum atomic E-state index is 0.0893. The van der Waals surface area contributed by atoms with Gasteiger partial charge in [-0.05, 0) is 49.9 Å². The van der Waals surface area contributed by atoms with E-state index in [-0.39, 0.29) is 5.91 Å². The number of benzene rings is 2. The quantitative estimate of drug-likeness (QED) is 0.484. The zero-order chi connectivity index (χ0) is 19.7. The molecule has 1 atom stereocenters. The van der Waals surface area contributed by atoms with Crippen molar-refractivity contribution in [1.82, 2.24) is 9.88 Å². The van der Waals surface area contributed by atoms with Gasteiger partial charge in [-0.25, -0.2) is 4.98 Å². The summed E-state index contributed by atoms with van der Waals surface area (Å²) in [6.45, 7) is 2.97. The number of para-hydroxylation sites is 1. The number of carbonyl (C=O) groups excluding carboxylic acids is 1. The van der Waals surface area contributed by atoms with E-state index in [0.717, 1.165) is 48.0 Å². The van der Waals surface area contributed by atoms with Crippen LogP contribution in [0.15, 0.2) is 48.5 Å². The van der Waals surface area contributed by atoms with E-state index in [2.05, 4.69) is 6.92 Å². The molecule has 0 spiro atoms. The standard InChI is InChI=1S/C23H22Cl2N2O/c1-2-16-7-5-6-12-27(16)23(28)18-14-22(15-10-11-19(24)20(25)13-15)26-21-9-4-3-8-17(18)21/h3-4,8-11,13-14,16H,2,5-7,12H2,1H3. The van der Waals surface area contributed by atoms with E-state index in [4.69, 9.17) is 28.2 Å². The first-order valence-corrected chi connectivity index (χ1v) is 10.5. The number of hydrogen-bond acceptors (Lipinski definition) is 2. The Labute approximate surface area is 175 Å². The fourth-order valence-corrected chi connectivity index (χ4v) is 4.30. The van der Waals surface area contributed by atoms with Crippen LogP contribution < -0.4 is 0 Å². The first-order valence-electron chi connectivity index (χ1n) is 9.74. The van der Waals surface area contributed by atoms with Gasteiger partial charge in [0.25, 0.3) is 5.91 Å². The van der Waals surface area contributed by atoms with Crippen molar-refractivity contribution in [3.63, 3.8) is 0 Å². The molecule has 0 N–H and O–H groups in total. The highest BCUT2D eigenvalue weighted by atomic mass is 35.5. The van der Waals surface area contributed by atoms with Crippen molar-refractivity contribution in [2.45, 2.75) is 38.6 Å². The van der Waals surface area contributed by atoms with Gasteiger partial charge >= 0.3 is 0 Å². The fraction of sp³-hybridized carbons (Fsp3) is 0.304. The zero-order valence-corrected chi connectivity index (χ0v) is 17.3. The van der Waals surface area contributed by atoms with Crippen LogP contribution in [0.3, 0.4) is 0 Å². The van der Waals surface area contributed by atoms with Crippen LogP contribution in [0.1, 0.15) is 43.0 Å². The molecule has 0 saturated carbocycles. The number of halogens is 2. The Bertz CT molecular complexity index is 1030. The van der Waals surface area contributed by atoms with Crippen molar-refractivity contribution >= 4 is 40.0 Å². The SMILES string of the molecule is CCC1CCCCN1C(=O)c1cc(-c2ccc(Cl)c(Cl)c2)nc2ccccc12. The molecule has 1 aliphatic heterocycles. The van der Waals surface area contributed by atoms with Crippen molar-refractivity contribution in [3.05, 3.63) is 64.1 Å². The molecule has 1 aliphatic rings. The van der Waals surface area contributed by atoms with E-state index in [9.17, 15) is 4.79 Å². The van der Waals surface area contributed by atoms with E-state index in [1.807, 2.05) is 41.3 Å². The van der Waals surface area contributed by atoms with Gasteiger partial charge in [-0.1, -0.05) is 54.4 Å².